The largest absolute Gasteiger partial charge is 0.481 e. The summed E-state index contributed by atoms with van der Waals surface area (Å²) < 4.78 is 1.93. The van der Waals surface area contributed by atoms with Crippen molar-refractivity contribution >= 4 is 29.3 Å². The molecule has 0 atom stereocenters. The fraction of sp³-hybridized carbons (Fsp3) is 0.286. The smallest absolute Gasteiger partial charge is 0.313 e. The van der Waals surface area contributed by atoms with Crippen LogP contribution in [0.4, 0.5) is 0 Å². The lowest BCUT2D eigenvalue weighted by Crippen LogP contribution is -2.06. The van der Waals surface area contributed by atoms with Gasteiger partial charge in [0.15, 0.2) is 5.16 Å². The van der Waals surface area contributed by atoms with Crippen LogP contribution in [0.3, 0.4) is 0 Å². The van der Waals surface area contributed by atoms with Gasteiger partial charge in [0.1, 0.15) is 0 Å². The molecule has 0 aliphatic carbocycles. The third-order valence-electron chi connectivity index (χ3n) is 2.77. The van der Waals surface area contributed by atoms with Crippen LogP contribution >= 0.6 is 23.4 Å². The van der Waals surface area contributed by atoms with Crippen molar-refractivity contribution in [2.24, 2.45) is 0 Å². The van der Waals surface area contributed by atoms with Crippen LogP contribution in [0.25, 0.3) is 5.69 Å². The van der Waals surface area contributed by atoms with Gasteiger partial charge < -0.3 is 5.11 Å². The summed E-state index contributed by atoms with van der Waals surface area (Å²) in [5.41, 5.74) is 1.83. The van der Waals surface area contributed by atoms with Crippen LogP contribution in [0.5, 0.6) is 0 Å². The molecule has 1 heterocycles. The second-order valence-electron chi connectivity index (χ2n) is 4.59. The fourth-order valence-electron chi connectivity index (χ4n) is 1.86. The van der Waals surface area contributed by atoms with Crippen LogP contribution in [0, 0.1) is 0 Å². The molecular weight excluding hydrogens is 296 g/mol. The predicted octanol–water partition coefficient (Wildman–Crippen LogP) is 3.83. The number of carbonyl (C=O) groups is 1. The minimum Gasteiger partial charge on any atom is -0.481 e. The standard InChI is InChI=1S/C14H15ClN2O2S/c1-9(2)12-7-16-14(20-8-13(18)19)17(12)11-6-4-3-5-10(11)15/h3-7,9H,8H2,1-2H3,(H,18,19). The van der Waals surface area contributed by atoms with Crippen molar-refractivity contribution in [2.75, 3.05) is 5.75 Å². The lowest BCUT2D eigenvalue weighted by Gasteiger charge is -2.14. The van der Waals surface area contributed by atoms with Gasteiger partial charge in [-0.25, -0.2) is 4.98 Å². The molecule has 0 unspecified atom stereocenters. The van der Waals surface area contributed by atoms with Gasteiger partial charge in [0.25, 0.3) is 0 Å². The van der Waals surface area contributed by atoms with E-state index in [1.54, 1.807) is 6.20 Å². The van der Waals surface area contributed by atoms with E-state index in [2.05, 4.69) is 18.8 Å². The number of hydrogen-bond donors (Lipinski definition) is 1. The number of imidazole rings is 1. The second-order valence-corrected chi connectivity index (χ2v) is 5.94. The van der Waals surface area contributed by atoms with E-state index in [-0.39, 0.29) is 11.7 Å². The summed E-state index contributed by atoms with van der Waals surface area (Å²) in [6.07, 6.45) is 1.78. The highest BCUT2D eigenvalue weighted by molar-refractivity contribution is 7.99. The molecule has 0 bridgehead atoms. The average Bonchev–Trinajstić information content (AvgIpc) is 2.80. The van der Waals surface area contributed by atoms with Crippen LogP contribution in [0.1, 0.15) is 25.5 Å². The summed E-state index contributed by atoms with van der Waals surface area (Å²) in [5, 5.41) is 10.1. The molecule has 106 valence electrons. The van der Waals surface area contributed by atoms with E-state index in [0.29, 0.717) is 10.2 Å². The van der Waals surface area contributed by atoms with Gasteiger partial charge in [-0.15, -0.1) is 0 Å². The van der Waals surface area contributed by atoms with Crippen LogP contribution in [-0.4, -0.2) is 26.4 Å². The SMILES string of the molecule is CC(C)c1cnc(SCC(=O)O)n1-c1ccccc1Cl. The molecule has 20 heavy (non-hydrogen) atoms. The molecule has 4 nitrogen and oxygen atoms in total. The Bertz CT molecular complexity index is 625. The molecule has 0 aliphatic heterocycles. The number of aromatic nitrogens is 2. The topological polar surface area (TPSA) is 55.1 Å². The number of para-hydroxylation sites is 1. The van der Waals surface area contributed by atoms with Gasteiger partial charge in [-0.05, 0) is 18.1 Å². The first kappa shape index (κ1) is 14.9. The Balaban J connectivity index is 2.50. The highest BCUT2D eigenvalue weighted by atomic mass is 35.5. The number of rotatable bonds is 5. The minimum atomic E-state index is -0.866. The molecule has 1 aromatic carbocycles. The normalized spacial score (nSPS) is 11.0. The number of aliphatic carboxylic acids is 1. The number of halogens is 1. The zero-order valence-electron chi connectivity index (χ0n) is 11.2. The van der Waals surface area contributed by atoms with Crippen molar-refractivity contribution in [2.45, 2.75) is 24.9 Å². The highest BCUT2D eigenvalue weighted by Gasteiger charge is 2.17. The molecule has 1 aromatic heterocycles. The molecule has 0 saturated heterocycles. The van der Waals surface area contributed by atoms with Gasteiger partial charge in [0.2, 0.25) is 0 Å². The molecule has 6 heteroatoms. The first-order chi connectivity index (χ1) is 9.50. The van der Waals surface area contributed by atoms with Crippen LogP contribution in [0.2, 0.25) is 5.02 Å². The lowest BCUT2D eigenvalue weighted by atomic mass is 10.1. The van der Waals surface area contributed by atoms with Gasteiger partial charge >= 0.3 is 5.97 Å². The maximum Gasteiger partial charge on any atom is 0.313 e. The molecule has 0 fully saturated rings. The Morgan fingerprint density at radius 3 is 2.75 bits per heavy atom. The summed E-state index contributed by atoms with van der Waals surface area (Å²) >= 11 is 7.44. The predicted molar refractivity (Wildman–Crippen MR) is 81.0 cm³/mol. The van der Waals surface area contributed by atoms with Crippen molar-refractivity contribution in [3.8, 4) is 5.69 Å². The molecule has 0 saturated carbocycles. The Morgan fingerprint density at radius 2 is 2.15 bits per heavy atom. The van der Waals surface area contributed by atoms with Gasteiger partial charge in [0, 0.05) is 5.69 Å². The molecule has 1 N–H and O–H groups in total. The number of hydrogen-bond acceptors (Lipinski definition) is 3. The van der Waals surface area contributed by atoms with Crippen molar-refractivity contribution in [1.82, 2.24) is 9.55 Å². The average molecular weight is 311 g/mol. The highest BCUT2D eigenvalue weighted by Crippen LogP contribution is 2.30. The molecule has 0 spiro atoms. The van der Waals surface area contributed by atoms with Crippen molar-refractivity contribution in [3.05, 3.63) is 41.2 Å². The van der Waals surface area contributed by atoms with Crippen molar-refractivity contribution in [3.63, 3.8) is 0 Å². The molecule has 2 aromatic rings. The maximum absolute atomic E-state index is 10.7. The van der Waals surface area contributed by atoms with Crippen LogP contribution in [-0.2, 0) is 4.79 Å². The summed E-state index contributed by atoms with van der Waals surface area (Å²) in [4.78, 5) is 15.1. The first-order valence-corrected chi connectivity index (χ1v) is 7.54. The van der Waals surface area contributed by atoms with Gasteiger partial charge in [-0.1, -0.05) is 49.3 Å². The summed E-state index contributed by atoms with van der Waals surface area (Å²) in [5.74, 6) is -0.633. The molecule has 0 amide bonds. The third-order valence-corrected chi connectivity index (χ3v) is 4.02. The van der Waals surface area contributed by atoms with E-state index in [4.69, 9.17) is 16.7 Å². The van der Waals surface area contributed by atoms with Gasteiger partial charge in [-0.3, -0.25) is 9.36 Å². The second kappa shape index (κ2) is 6.33. The van der Waals surface area contributed by atoms with E-state index in [9.17, 15) is 4.79 Å². The number of benzene rings is 1. The fourth-order valence-corrected chi connectivity index (χ4v) is 2.79. The van der Waals surface area contributed by atoms with Gasteiger partial charge in [0.05, 0.1) is 22.7 Å². The lowest BCUT2D eigenvalue weighted by molar-refractivity contribution is -0.133. The molecular formula is C14H15ClN2O2S. The third kappa shape index (κ3) is 3.16. The van der Waals surface area contributed by atoms with Crippen LogP contribution < -0.4 is 0 Å². The zero-order valence-corrected chi connectivity index (χ0v) is 12.8. The Morgan fingerprint density at radius 1 is 1.45 bits per heavy atom. The van der Waals surface area contributed by atoms with E-state index in [1.165, 1.54) is 11.8 Å². The first-order valence-electron chi connectivity index (χ1n) is 6.18. The van der Waals surface area contributed by atoms with Crippen LogP contribution in [0.15, 0.2) is 35.6 Å². The molecule has 0 aliphatic rings. The van der Waals surface area contributed by atoms with Crippen molar-refractivity contribution < 1.29 is 9.90 Å². The van der Waals surface area contributed by atoms with Gasteiger partial charge in [-0.2, -0.15) is 0 Å². The quantitative estimate of drug-likeness (QED) is 0.853. The summed E-state index contributed by atoms with van der Waals surface area (Å²) in [7, 11) is 0. The zero-order chi connectivity index (χ0) is 14.7. The molecule has 0 radical (unpaired) electrons. The number of carboxylic acids is 1. The van der Waals surface area contributed by atoms with E-state index < -0.39 is 5.97 Å². The maximum atomic E-state index is 10.7. The minimum absolute atomic E-state index is 0.0288. The Kier molecular flexibility index (Phi) is 4.73. The summed E-state index contributed by atoms with van der Waals surface area (Å²) in [6.45, 7) is 4.13. The Hall–Kier alpha value is -1.46. The Labute approximate surface area is 126 Å². The summed E-state index contributed by atoms with van der Waals surface area (Å²) in [6, 6.07) is 7.48. The molecule has 2 rings (SSSR count). The van der Waals surface area contributed by atoms with Crippen molar-refractivity contribution in [1.29, 1.82) is 0 Å². The van der Waals surface area contributed by atoms with E-state index in [1.807, 2.05) is 28.8 Å². The number of nitrogens with zero attached hydrogens (tertiary/aromatic N) is 2. The number of carboxylic acid groups (broad SMARTS) is 1. The monoisotopic (exact) mass is 310 g/mol. The van der Waals surface area contributed by atoms with E-state index >= 15 is 0 Å². The number of thioether (sulfide) groups is 1. The van der Waals surface area contributed by atoms with E-state index in [0.717, 1.165) is 11.4 Å².